The van der Waals surface area contributed by atoms with Gasteiger partial charge in [0.25, 0.3) is 0 Å². The minimum absolute atomic E-state index is 0.593. The molecule has 0 bridgehead atoms. The zero-order chi connectivity index (χ0) is 12.0. The molecule has 0 heterocycles. The van der Waals surface area contributed by atoms with Gasteiger partial charge in [-0.15, -0.1) is 0 Å². The summed E-state index contributed by atoms with van der Waals surface area (Å²) in [6.45, 7) is 1.95. The average molecular weight is 220 g/mol. The van der Waals surface area contributed by atoms with Crippen LogP contribution in [0.4, 0.5) is 0 Å². The Morgan fingerprint density at radius 2 is 2.06 bits per heavy atom. The average Bonchev–Trinajstić information content (AvgIpc) is 2.35. The molecule has 0 aliphatic rings. The molecular weight excluding hydrogens is 204 g/mol. The Labute approximate surface area is 95.4 Å². The standard InChI is InChI=1S/C13H16O3/c1-3-7-11(12(14)13(15)16-2)10-8-5-4-6-9-10/h4-9,12,14H,3H2,1-2H3/b11-7+. The molecule has 0 saturated carbocycles. The fourth-order valence-electron chi connectivity index (χ4n) is 1.48. The Morgan fingerprint density at radius 1 is 1.44 bits per heavy atom. The van der Waals surface area contributed by atoms with Crippen molar-refractivity contribution in [3.63, 3.8) is 0 Å². The van der Waals surface area contributed by atoms with Gasteiger partial charge in [0.2, 0.25) is 0 Å². The minimum Gasteiger partial charge on any atom is -0.467 e. The summed E-state index contributed by atoms with van der Waals surface area (Å²) in [5, 5.41) is 9.82. The zero-order valence-electron chi connectivity index (χ0n) is 9.51. The summed E-state index contributed by atoms with van der Waals surface area (Å²) < 4.78 is 4.53. The number of esters is 1. The molecule has 1 aromatic rings. The van der Waals surface area contributed by atoms with Crippen LogP contribution in [0.2, 0.25) is 0 Å². The topological polar surface area (TPSA) is 46.5 Å². The van der Waals surface area contributed by atoms with Gasteiger partial charge in [-0.1, -0.05) is 43.3 Å². The van der Waals surface area contributed by atoms with Crippen molar-refractivity contribution in [2.24, 2.45) is 0 Å². The number of ether oxygens (including phenoxy) is 1. The number of hydrogen-bond acceptors (Lipinski definition) is 3. The Morgan fingerprint density at radius 3 is 2.56 bits per heavy atom. The van der Waals surface area contributed by atoms with Crippen molar-refractivity contribution in [2.75, 3.05) is 7.11 Å². The van der Waals surface area contributed by atoms with Gasteiger partial charge in [0.1, 0.15) is 0 Å². The first-order valence-electron chi connectivity index (χ1n) is 5.22. The number of rotatable bonds is 4. The number of carbonyl (C=O) groups is 1. The summed E-state index contributed by atoms with van der Waals surface area (Å²) in [7, 11) is 1.26. The molecule has 1 atom stereocenters. The number of methoxy groups -OCH3 is 1. The molecule has 0 fully saturated rings. The Bertz CT molecular complexity index is 368. The van der Waals surface area contributed by atoms with Gasteiger partial charge < -0.3 is 9.84 Å². The van der Waals surface area contributed by atoms with E-state index in [1.165, 1.54) is 7.11 Å². The predicted molar refractivity (Wildman–Crippen MR) is 62.7 cm³/mol. The number of hydrogen-bond donors (Lipinski definition) is 1. The third-order valence-electron chi connectivity index (χ3n) is 2.25. The number of carbonyl (C=O) groups excluding carboxylic acids is 1. The second-order valence-corrected chi connectivity index (χ2v) is 3.36. The monoisotopic (exact) mass is 220 g/mol. The van der Waals surface area contributed by atoms with E-state index < -0.39 is 12.1 Å². The van der Waals surface area contributed by atoms with Crippen LogP contribution in [0, 0.1) is 0 Å². The molecule has 86 valence electrons. The largest absolute Gasteiger partial charge is 0.467 e. The summed E-state index contributed by atoms with van der Waals surface area (Å²) in [6, 6.07) is 9.32. The van der Waals surface area contributed by atoms with E-state index in [1.807, 2.05) is 43.3 Å². The maximum absolute atomic E-state index is 11.3. The Kier molecular flexibility index (Phi) is 4.73. The van der Waals surface area contributed by atoms with Gasteiger partial charge in [0.15, 0.2) is 6.10 Å². The van der Waals surface area contributed by atoms with E-state index in [1.54, 1.807) is 0 Å². The molecule has 0 aliphatic heterocycles. The van der Waals surface area contributed by atoms with Crippen molar-refractivity contribution in [3.05, 3.63) is 42.0 Å². The number of aliphatic hydroxyl groups is 1. The first-order valence-corrected chi connectivity index (χ1v) is 5.22. The van der Waals surface area contributed by atoms with Crippen LogP contribution in [0.15, 0.2) is 36.4 Å². The summed E-state index contributed by atoms with van der Waals surface area (Å²) in [6.07, 6.45) is 1.36. The second kappa shape index (κ2) is 6.08. The molecule has 16 heavy (non-hydrogen) atoms. The number of aliphatic hydroxyl groups excluding tert-OH is 1. The summed E-state index contributed by atoms with van der Waals surface area (Å²) in [5.41, 5.74) is 1.43. The fraction of sp³-hybridized carbons (Fsp3) is 0.308. The van der Waals surface area contributed by atoms with Gasteiger partial charge in [-0.3, -0.25) is 0 Å². The molecule has 0 spiro atoms. The highest BCUT2D eigenvalue weighted by Crippen LogP contribution is 2.19. The SMILES string of the molecule is CC/C=C(\c1ccccc1)C(O)C(=O)OC. The molecular formula is C13H16O3. The summed E-state index contributed by atoms with van der Waals surface area (Å²) in [5.74, 6) is -0.636. The molecule has 0 amide bonds. The van der Waals surface area contributed by atoms with Crippen LogP contribution in [0.25, 0.3) is 5.57 Å². The van der Waals surface area contributed by atoms with Crippen molar-refractivity contribution in [2.45, 2.75) is 19.4 Å². The van der Waals surface area contributed by atoms with E-state index >= 15 is 0 Å². The Balaban J connectivity index is 3.02. The first-order chi connectivity index (χ1) is 7.70. The maximum Gasteiger partial charge on any atom is 0.339 e. The molecule has 3 nitrogen and oxygen atoms in total. The normalized spacial score (nSPS) is 13.3. The van der Waals surface area contributed by atoms with Crippen LogP contribution in [0.5, 0.6) is 0 Å². The highest BCUT2D eigenvalue weighted by Gasteiger charge is 2.21. The van der Waals surface area contributed by atoms with E-state index in [4.69, 9.17) is 0 Å². The van der Waals surface area contributed by atoms with E-state index in [0.29, 0.717) is 5.57 Å². The lowest BCUT2D eigenvalue weighted by molar-refractivity contribution is -0.147. The molecule has 1 rings (SSSR count). The van der Waals surface area contributed by atoms with E-state index in [2.05, 4.69) is 4.74 Å². The first kappa shape index (κ1) is 12.5. The molecule has 0 aromatic heterocycles. The predicted octanol–water partition coefficient (Wildman–Crippen LogP) is 2.01. The Hall–Kier alpha value is -1.61. The van der Waals surface area contributed by atoms with Gasteiger partial charge in [-0.25, -0.2) is 4.79 Å². The van der Waals surface area contributed by atoms with Gasteiger partial charge in [-0.05, 0) is 17.6 Å². The smallest absolute Gasteiger partial charge is 0.339 e. The van der Waals surface area contributed by atoms with Crippen LogP contribution >= 0.6 is 0 Å². The highest BCUT2D eigenvalue weighted by atomic mass is 16.5. The van der Waals surface area contributed by atoms with Crippen LogP contribution in [0.1, 0.15) is 18.9 Å². The lowest BCUT2D eigenvalue weighted by Gasteiger charge is -2.13. The maximum atomic E-state index is 11.3. The van der Waals surface area contributed by atoms with Crippen molar-refractivity contribution in [1.82, 2.24) is 0 Å². The second-order valence-electron chi connectivity index (χ2n) is 3.36. The van der Waals surface area contributed by atoms with Gasteiger partial charge in [-0.2, -0.15) is 0 Å². The van der Waals surface area contributed by atoms with Crippen molar-refractivity contribution in [3.8, 4) is 0 Å². The lowest BCUT2D eigenvalue weighted by Crippen LogP contribution is -2.23. The van der Waals surface area contributed by atoms with Crippen molar-refractivity contribution >= 4 is 11.5 Å². The quantitative estimate of drug-likeness (QED) is 0.789. The molecule has 0 radical (unpaired) electrons. The molecule has 0 saturated heterocycles. The van der Waals surface area contributed by atoms with Gasteiger partial charge in [0.05, 0.1) is 7.11 Å². The van der Waals surface area contributed by atoms with E-state index in [0.717, 1.165) is 12.0 Å². The molecule has 1 aromatic carbocycles. The summed E-state index contributed by atoms with van der Waals surface area (Å²) >= 11 is 0. The van der Waals surface area contributed by atoms with Crippen molar-refractivity contribution < 1.29 is 14.6 Å². The minimum atomic E-state index is -1.22. The van der Waals surface area contributed by atoms with Crippen LogP contribution < -0.4 is 0 Å². The van der Waals surface area contributed by atoms with Gasteiger partial charge >= 0.3 is 5.97 Å². The van der Waals surface area contributed by atoms with Crippen LogP contribution in [-0.4, -0.2) is 24.3 Å². The lowest BCUT2D eigenvalue weighted by atomic mass is 9.99. The van der Waals surface area contributed by atoms with E-state index in [-0.39, 0.29) is 0 Å². The van der Waals surface area contributed by atoms with Gasteiger partial charge in [0, 0.05) is 0 Å². The summed E-state index contributed by atoms with van der Waals surface area (Å²) in [4.78, 5) is 11.3. The fourth-order valence-corrected chi connectivity index (χ4v) is 1.48. The zero-order valence-corrected chi connectivity index (χ0v) is 9.51. The number of benzene rings is 1. The highest BCUT2D eigenvalue weighted by molar-refractivity contribution is 5.90. The van der Waals surface area contributed by atoms with Crippen molar-refractivity contribution in [1.29, 1.82) is 0 Å². The third kappa shape index (κ3) is 2.94. The van der Waals surface area contributed by atoms with Crippen LogP contribution in [-0.2, 0) is 9.53 Å². The molecule has 3 heteroatoms. The molecule has 0 aliphatic carbocycles. The van der Waals surface area contributed by atoms with Crippen LogP contribution in [0.3, 0.4) is 0 Å². The third-order valence-corrected chi connectivity index (χ3v) is 2.25. The molecule has 1 N–H and O–H groups in total. The van der Waals surface area contributed by atoms with E-state index in [9.17, 15) is 9.90 Å². The molecule has 1 unspecified atom stereocenters. The number of allylic oxidation sites excluding steroid dienone is 1.